The highest BCUT2D eigenvalue weighted by Crippen LogP contribution is 2.05. The molecule has 0 saturated heterocycles. The van der Waals surface area contributed by atoms with Crippen LogP contribution in [0.25, 0.3) is 0 Å². The molecule has 1 unspecified atom stereocenters. The van der Waals surface area contributed by atoms with Gasteiger partial charge >= 0.3 is 10.4 Å². The van der Waals surface area contributed by atoms with E-state index in [1.165, 1.54) is 32.6 Å². The first-order valence-electron chi connectivity index (χ1n) is 6.19. The Labute approximate surface area is 104 Å². The van der Waals surface area contributed by atoms with Crippen molar-refractivity contribution in [2.45, 2.75) is 58.5 Å². The molecule has 0 aliphatic carbocycles. The van der Waals surface area contributed by atoms with Gasteiger partial charge < -0.3 is 4.74 Å². The summed E-state index contributed by atoms with van der Waals surface area (Å²) in [7, 11) is -4.36. The summed E-state index contributed by atoms with van der Waals surface area (Å²) in [6, 6.07) is 0. The summed E-state index contributed by atoms with van der Waals surface area (Å²) in [5, 5.41) is 0. The Morgan fingerprint density at radius 2 is 1.71 bits per heavy atom. The molecule has 0 bridgehead atoms. The maximum atomic E-state index is 10.4. The van der Waals surface area contributed by atoms with Gasteiger partial charge in [0.1, 0.15) is 0 Å². The third-order valence-corrected chi connectivity index (χ3v) is 2.85. The molecule has 0 aromatic rings. The lowest BCUT2D eigenvalue weighted by Gasteiger charge is -2.10. The van der Waals surface area contributed by atoms with E-state index in [-0.39, 0.29) is 6.61 Å². The van der Waals surface area contributed by atoms with Crippen molar-refractivity contribution in [1.29, 1.82) is 0 Å². The summed E-state index contributed by atoms with van der Waals surface area (Å²) >= 11 is 0. The third-order valence-electron chi connectivity index (χ3n) is 2.28. The van der Waals surface area contributed by atoms with Crippen molar-refractivity contribution in [3.05, 3.63) is 0 Å². The van der Waals surface area contributed by atoms with E-state index in [9.17, 15) is 8.42 Å². The minimum absolute atomic E-state index is 0.175. The predicted molar refractivity (Wildman–Crippen MR) is 66.3 cm³/mol. The lowest BCUT2D eigenvalue weighted by Crippen LogP contribution is -2.20. The SMILES string of the molecule is CCCCCCCCOCC(C)OS(=O)(=O)O. The number of ether oxygens (including phenoxy) is 1. The van der Waals surface area contributed by atoms with Gasteiger partial charge in [-0.25, -0.2) is 4.18 Å². The first-order valence-corrected chi connectivity index (χ1v) is 7.55. The average molecular weight is 268 g/mol. The van der Waals surface area contributed by atoms with Gasteiger partial charge in [0.05, 0.1) is 12.7 Å². The van der Waals surface area contributed by atoms with Gasteiger partial charge in [-0.3, -0.25) is 4.55 Å². The fraction of sp³-hybridized carbons (Fsp3) is 1.00. The van der Waals surface area contributed by atoms with Crippen molar-refractivity contribution < 1.29 is 21.9 Å². The van der Waals surface area contributed by atoms with E-state index in [1.54, 1.807) is 0 Å². The first kappa shape index (κ1) is 16.8. The fourth-order valence-electron chi connectivity index (χ4n) is 1.47. The van der Waals surface area contributed by atoms with Crippen LogP contribution in [0.15, 0.2) is 0 Å². The van der Waals surface area contributed by atoms with Crippen molar-refractivity contribution in [2.24, 2.45) is 0 Å². The number of hydrogen-bond donors (Lipinski definition) is 1. The fourth-order valence-corrected chi connectivity index (χ4v) is 1.94. The Morgan fingerprint density at radius 1 is 1.12 bits per heavy atom. The molecule has 5 nitrogen and oxygen atoms in total. The zero-order chi connectivity index (χ0) is 13.1. The van der Waals surface area contributed by atoms with Gasteiger partial charge in [-0.05, 0) is 13.3 Å². The van der Waals surface area contributed by atoms with Crippen LogP contribution in [0.2, 0.25) is 0 Å². The normalized spacial score (nSPS) is 13.8. The van der Waals surface area contributed by atoms with Gasteiger partial charge in [-0.1, -0.05) is 39.0 Å². The molecule has 0 saturated carbocycles. The molecule has 1 N–H and O–H groups in total. The predicted octanol–water partition coefficient (Wildman–Crippen LogP) is 2.57. The van der Waals surface area contributed by atoms with E-state index in [1.807, 2.05) is 0 Å². The van der Waals surface area contributed by atoms with E-state index in [0.29, 0.717) is 6.61 Å². The zero-order valence-electron chi connectivity index (χ0n) is 10.7. The highest BCUT2D eigenvalue weighted by Gasteiger charge is 2.11. The smallest absolute Gasteiger partial charge is 0.379 e. The second-order valence-corrected chi connectivity index (χ2v) is 5.23. The van der Waals surface area contributed by atoms with Crippen molar-refractivity contribution in [3.63, 3.8) is 0 Å². The van der Waals surface area contributed by atoms with Crippen LogP contribution < -0.4 is 0 Å². The summed E-state index contributed by atoms with van der Waals surface area (Å²) in [5.41, 5.74) is 0. The molecule has 1 atom stereocenters. The van der Waals surface area contributed by atoms with Crippen LogP contribution >= 0.6 is 0 Å². The quantitative estimate of drug-likeness (QED) is 0.460. The molecular formula is C11H24O5S. The van der Waals surface area contributed by atoms with Gasteiger partial charge in [-0.15, -0.1) is 0 Å². The third kappa shape index (κ3) is 13.8. The molecule has 0 heterocycles. The highest BCUT2D eigenvalue weighted by molar-refractivity contribution is 7.80. The van der Waals surface area contributed by atoms with Crippen molar-refractivity contribution in [2.75, 3.05) is 13.2 Å². The van der Waals surface area contributed by atoms with Crippen LogP contribution in [0.3, 0.4) is 0 Å². The average Bonchev–Trinajstić information content (AvgIpc) is 2.19. The monoisotopic (exact) mass is 268 g/mol. The van der Waals surface area contributed by atoms with Crippen LogP contribution in [-0.2, 0) is 19.3 Å². The molecule has 0 aliphatic heterocycles. The van der Waals surface area contributed by atoms with E-state index < -0.39 is 16.5 Å². The van der Waals surface area contributed by atoms with Crippen LogP contribution in [0, 0.1) is 0 Å². The highest BCUT2D eigenvalue weighted by atomic mass is 32.3. The van der Waals surface area contributed by atoms with Crippen LogP contribution in [0.1, 0.15) is 52.4 Å². The number of rotatable bonds is 11. The van der Waals surface area contributed by atoms with Gasteiger partial charge in [0.2, 0.25) is 0 Å². The standard InChI is InChI=1S/C11H24O5S/c1-3-4-5-6-7-8-9-15-10-11(2)16-17(12,13)14/h11H,3-10H2,1-2H3,(H,12,13,14). The van der Waals surface area contributed by atoms with Crippen LogP contribution in [0.5, 0.6) is 0 Å². The summed E-state index contributed by atoms with van der Waals surface area (Å²) in [4.78, 5) is 0. The Balaban J connectivity index is 3.28. The van der Waals surface area contributed by atoms with Gasteiger partial charge in [0, 0.05) is 6.61 Å². The Bertz CT molecular complexity index is 263. The number of unbranched alkanes of at least 4 members (excludes halogenated alkanes) is 5. The molecule has 0 radical (unpaired) electrons. The zero-order valence-corrected chi connectivity index (χ0v) is 11.5. The molecule has 0 aromatic heterocycles. The Morgan fingerprint density at radius 3 is 2.29 bits per heavy atom. The molecule has 0 fully saturated rings. The van der Waals surface area contributed by atoms with Gasteiger partial charge in [0.25, 0.3) is 0 Å². The Hall–Kier alpha value is -0.170. The summed E-state index contributed by atoms with van der Waals surface area (Å²) in [6.45, 7) is 4.49. The first-order chi connectivity index (χ1) is 7.95. The maximum Gasteiger partial charge on any atom is 0.397 e. The molecule has 6 heteroatoms. The summed E-state index contributed by atoms with van der Waals surface area (Å²) in [5.74, 6) is 0. The van der Waals surface area contributed by atoms with E-state index in [2.05, 4.69) is 11.1 Å². The molecule has 17 heavy (non-hydrogen) atoms. The summed E-state index contributed by atoms with van der Waals surface area (Å²) < 4.78 is 38.7. The van der Waals surface area contributed by atoms with E-state index in [4.69, 9.17) is 9.29 Å². The second-order valence-electron chi connectivity index (χ2n) is 4.18. The molecular weight excluding hydrogens is 244 g/mol. The van der Waals surface area contributed by atoms with Crippen molar-refractivity contribution in [3.8, 4) is 0 Å². The molecule has 0 amide bonds. The van der Waals surface area contributed by atoms with Gasteiger partial charge in [0.15, 0.2) is 0 Å². The molecule has 0 aromatic carbocycles. The van der Waals surface area contributed by atoms with Crippen LogP contribution in [0.4, 0.5) is 0 Å². The van der Waals surface area contributed by atoms with Gasteiger partial charge in [-0.2, -0.15) is 8.42 Å². The van der Waals surface area contributed by atoms with E-state index in [0.717, 1.165) is 12.8 Å². The molecule has 104 valence electrons. The summed E-state index contributed by atoms with van der Waals surface area (Å²) in [6.07, 6.45) is 6.45. The minimum atomic E-state index is -4.36. The van der Waals surface area contributed by atoms with Crippen molar-refractivity contribution >= 4 is 10.4 Å². The second kappa shape index (κ2) is 9.82. The lowest BCUT2D eigenvalue weighted by atomic mass is 10.1. The molecule has 0 aliphatic rings. The number of hydrogen-bond acceptors (Lipinski definition) is 4. The largest absolute Gasteiger partial charge is 0.397 e. The molecule has 0 spiro atoms. The topological polar surface area (TPSA) is 72.8 Å². The minimum Gasteiger partial charge on any atom is -0.379 e. The van der Waals surface area contributed by atoms with Crippen molar-refractivity contribution in [1.82, 2.24) is 0 Å². The maximum absolute atomic E-state index is 10.4. The van der Waals surface area contributed by atoms with Crippen LogP contribution in [-0.4, -0.2) is 32.3 Å². The molecule has 0 rings (SSSR count). The van der Waals surface area contributed by atoms with E-state index >= 15 is 0 Å². The lowest BCUT2D eigenvalue weighted by molar-refractivity contribution is 0.0538. The Kier molecular flexibility index (Phi) is 9.72.